The minimum atomic E-state index is -0.766. The number of hydrogen-bond donors (Lipinski definition) is 1. The van der Waals surface area contributed by atoms with Crippen LogP contribution in [0.1, 0.15) is 90.5 Å². The molecular weight excluding hydrogens is 426 g/mol. The number of carboxylic acids is 1. The number of carboxylic acid groups (broad SMARTS) is 1. The standard InChI is InChI=1S/C29H37NO4/c1-28(2)15-20-26(22(31)17-28)25(19-11-7-5-8-12-19)27-21(16-29(3,4)18-23(27)32)30(20)14-10-6-9-13-24(33)34/h5,7-8,11-12,25H,6,9-10,13-18H2,1-4H3,(H,33,34). The Labute approximate surface area is 202 Å². The Balaban J connectivity index is 1.81. The highest BCUT2D eigenvalue weighted by molar-refractivity contribution is 6.06. The number of rotatable bonds is 7. The van der Waals surface area contributed by atoms with Crippen LogP contribution in [0.2, 0.25) is 0 Å². The molecule has 0 saturated heterocycles. The zero-order valence-electron chi connectivity index (χ0n) is 20.9. The summed E-state index contributed by atoms with van der Waals surface area (Å²) in [5, 5.41) is 8.98. The highest BCUT2D eigenvalue weighted by Gasteiger charge is 2.48. The van der Waals surface area contributed by atoms with E-state index in [0.717, 1.165) is 53.8 Å². The van der Waals surface area contributed by atoms with E-state index in [4.69, 9.17) is 5.11 Å². The molecule has 1 aromatic rings. The fourth-order valence-corrected chi connectivity index (χ4v) is 6.02. The van der Waals surface area contributed by atoms with Gasteiger partial charge < -0.3 is 10.0 Å². The third-order valence-electron chi connectivity index (χ3n) is 7.43. The first-order chi connectivity index (χ1) is 16.0. The number of carbonyl (C=O) groups is 3. The predicted molar refractivity (Wildman–Crippen MR) is 132 cm³/mol. The summed E-state index contributed by atoms with van der Waals surface area (Å²) < 4.78 is 0. The highest BCUT2D eigenvalue weighted by Crippen LogP contribution is 2.54. The fourth-order valence-electron chi connectivity index (χ4n) is 6.02. The van der Waals surface area contributed by atoms with Crippen molar-refractivity contribution in [3.05, 3.63) is 58.4 Å². The summed E-state index contributed by atoms with van der Waals surface area (Å²) in [7, 11) is 0. The maximum atomic E-state index is 13.6. The van der Waals surface area contributed by atoms with E-state index in [-0.39, 0.29) is 34.7 Å². The molecule has 0 amide bonds. The largest absolute Gasteiger partial charge is 0.481 e. The predicted octanol–water partition coefficient (Wildman–Crippen LogP) is 6.02. The second kappa shape index (κ2) is 9.16. The molecule has 182 valence electrons. The van der Waals surface area contributed by atoms with Crippen molar-refractivity contribution in [2.24, 2.45) is 10.8 Å². The maximum absolute atomic E-state index is 13.6. The molecule has 0 bridgehead atoms. The normalized spacial score (nSPS) is 22.1. The van der Waals surface area contributed by atoms with Gasteiger partial charge in [-0.1, -0.05) is 64.4 Å². The molecule has 3 aliphatic rings. The average Bonchev–Trinajstić information content (AvgIpc) is 2.72. The maximum Gasteiger partial charge on any atom is 0.303 e. The number of benzene rings is 1. The zero-order chi connectivity index (χ0) is 24.7. The molecule has 34 heavy (non-hydrogen) atoms. The summed E-state index contributed by atoms with van der Waals surface area (Å²) in [6.07, 6.45) is 5.05. The molecule has 0 aromatic heterocycles. The van der Waals surface area contributed by atoms with E-state index in [9.17, 15) is 14.4 Å². The lowest BCUT2D eigenvalue weighted by Gasteiger charge is -2.49. The molecule has 4 rings (SSSR count). The lowest BCUT2D eigenvalue weighted by atomic mass is 9.63. The van der Waals surface area contributed by atoms with Gasteiger partial charge in [0.2, 0.25) is 0 Å². The van der Waals surface area contributed by atoms with Crippen LogP contribution in [0.25, 0.3) is 0 Å². The van der Waals surface area contributed by atoms with Crippen LogP contribution in [-0.4, -0.2) is 34.1 Å². The lowest BCUT2D eigenvalue weighted by molar-refractivity contribution is -0.137. The smallest absolute Gasteiger partial charge is 0.303 e. The lowest BCUT2D eigenvalue weighted by Crippen LogP contribution is -2.44. The third kappa shape index (κ3) is 4.89. The van der Waals surface area contributed by atoms with Crippen molar-refractivity contribution in [2.75, 3.05) is 6.54 Å². The van der Waals surface area contributed by atoms with Crippen molar-refractivity contribution in [1.29, 1.82) is 0 Å². The summed E-state index contributed by atoms with van der Waals surface area (Å²) in [5.74, 6) is -0.750. The quantitative estimate of drug-likeness (QED) is 0.501. The van der Waals surface area contributed by atoms with E-state index >= 15 is 0 Å². The van der Waals surface area contributed by atoms with Crippen molar-refractivity contribution >= 4 is 17.5 Å². The van der Waals surface area contributed by atoms with Crippen molar-refractivity contribution < 1.29 is 19.5 Å². The van der Waals surface area contributed by atoms with E-state index in [1.54, 1.807) is 0 Å². The van der Waals surface area contributed by atoms with Gasteiger partial charge >= 0.3 is 5.97 Å². The topological polar surface area (TPSA) is 74.7 Å². The summed E-state index contributed by atoms with van der Waals surface area (Å²) in [5.41, 5.74) is 4.53. The molecule has 2 aliphatic carbocycles. The molecule has 0 radical (unpaired) electrons. The Morgan fingerprint density at radius 3 is 1.88 bits per heavy atom. The van der Waals surface area contributed by atoms with Crippen molar-refractivity contribution in [3.63, 3.8) is 0 Å². The molecule has 1 N–H and O–H groups in total. The van der Waals surface area contributed by atoms with E-state index in [1.165, 1.54) is 0 Å². The third-order valence-corrected chi connectivity index (χ3v) is 7.43. The summed E-state index contributed by atoms with van der Waals surface area (Å²) in [6.45, 7) is 9.31. The molecule has 0 atom stereocenters. The van der Waals surface area contributed by atoms with Crippen LogP contribution in [0.3, 0.4) is 0 Å². The van der Waals surface area contributed by atoms with Gasteiger partial charge in [0.15, 0.2) is 11.6 Å². The van der Waals surface area contributed by atoms with Crippen LogP contribution in [-0.2, 0) is 14.4 Å². The van der Waals surface area contributed by atoms with Crippen molar-refractivity contribution in [1.82, 2.24) is 4.90 Å². The Morgan fingerprint density at radius 2 is 1.38 bits per heavy atom. The highest BCUT2D eigenvalue weighted by atomic mass is 16.4. The Hall–Kier alpha value is -2.69. The van der Waals surface area contributed by atoms with E-state index in [2.05, 4.69) is 32.6 Å². The minimum Gasteiger partial charge on any atom is -0.481 e. The van der Waals surface area contributed by atoms with E-state index in [1.807, 2.05) is 30.3 Å². The summed E-state index contributed by atoms with van der Waals surface area (Å²) in [6, 6.07) is 10.0. The molecular formula is C29H37NO4. The molecule has 1 heterocycles. The number of nitrogens with zero attached hydrogens (tertiary/aromatic N) is 1. The number of allylic oxidation sites excluding steroid dienone is 4. The molecule has 1 aliphatic heterocycles. The van der Waals surface area contributed by atoms with Gasteiger partial charge in [0, 0.05) is 54.3 Å². The molecule has 5 nitrogen and oxygen atoms in total. The first-order valence-corrected chi connectivity index (χ1v) is 12.6. The Bertz CT molecular complexity index is 1010. The van der Waals surface area contributed by atoms with Gasteiger partial charge in [0.05, 0.1) is 0 Å². The van der Waals surface area contributed by atoms with Crippen LogP contribution < -0.4 is 0 Å². The molecule has 0 fully saturated rings. The fraction of sp³-hybridized carbons (Fsp3) is 0.552. The number of unbranched alkanes of at least 4 members (excludes halogenated alkanes) is 2. The second-order valence-corrected chi connectivity index (χ2v) is 11.8. The number of carbonyl (C=O) groups excluding carboxylic acids is 2. The van der Waals surface area contributed by atoms with Gasteiger partial charge in [-0.05, 0) is 42.1 Å². The monoisotopic (exact) mass is 463 g/mol. The molecule has 5 heteroatoms. The van der Waals surface area contributed by atoms with Gasteiger partial charge in [-0.2, -0.15) is 0 Å². The van der Waals surface area contributed by atoms with Crippen LogP contribution >= 0.6 is 0 Å². The summed E-state index contributed by atoms with van der Waals surface area (Å²) in [4.78, 5) is 40.5. The number of hydrogen-bond acceptors (Lipinski definition) is 4. The van der Waals surface area contributed by atoms with Gasteiger partial charge in [0.1, 0.15) is 0 Å². The molecule has 0 unspecified atom stereocenters. The minimum absolute atomic E-state index is 0.134. The van der Waals surface area contributed by atoms with Crippen molar-refractivity contribution in [2.45, 2.75) is 85.0 Å². The number of ketones is 2. The molecule has 0 spiro atoms. The van der Waals surface area contributed by atoms with Crippen LogP contribution in [0.15, 0.2) is 52.9 Å². The van der Waals surface area contributed by atoms with Crippen LogP contribution in [0.5, 0.6) is 0 Å². The van der Waals surface area contributed by atoms with Gasteiger partial charge in [-0.3, -0.25) is 14.4 Å². The van der Waals surface area contributed by atoms with E-state index in [0.29, 0.717) is 25.8 Å². The second-order valence-electron chi connectivity index (χ2n) is 11.8. The van der Waals surface area contributed by atoms with E-state index < -0.39 is 5.97 Å². The van der Waals surface area contributed by atoms with Crippen LogP contribution in [0.4, 0.5) is 0 Å². The molecule has 1 aromatic carbocycles. The first-order valence-electron chi connectivity index (χ1n) is 12.6. The van der Waals surface area contributed by atoms with Crippen LogP contribution in [0, 0.1) is 10.8 Å². The summed E-state index contributed by atoms with van der Waals surface area (Å²) >= 11 is 0. The zero-order valence-corrected chi connectivity index (χ0v) is 20.9. The van der Waals surface area contributed by atoms with Gasteiger partial charge in [-0.15, -0.1) is 0 Å². The number of aliphatic carboxylic acids is 1. The van der Waals surface area contributed by atoms with Crippen molar-refractivity contribution in [3.8, 4) is 0 Å². The SMILES string of the molecule is CC1(C)CC(=O)C2=C(C1)N(CCCCCC(=O)O)C1=C(C(=O)CC(C)(C)C1)C2c1ccccc1. The Kier molecular flexibility index (Phi) is 6.58. The van der Waals surface area contributed by atoms with Gasteiger partial charge in [-0.25, -0.2) is 0 Å². The number of Topliss-reactive ketones (excluding diaryl/α,β-unsaturated/α-hetero) is 2. The average molecular weight is 464 g/mol. The molecule has 0 saturated carbocycles. The van der Waals surface area contributed by atoms with Gasteiger partial charge in [0.25, 0.3) is 0 Å². The first kappa shape index (κ1) is 24.4. The Morgan fingerprint density at radius 1 is 0.853 bits per heavy atom.